The van der Waals surface area contributed by atoms with Crippen molar-refractivity contribution in [2.75, 3.05) is 13.2 Å². The summed E-state index contributed by atoms with van der Waals surface area (Å²) in [6, 6.07) is 15.5. The zero-order chi connectivity index (χ0) is 15.6. The summed E-state index contributed by atoms with van der Waals surface area (Å²) in [5, 5.41) is 0.833. The minimum atomic E-state index is -3.62. The first-order valence-corrected chi connectivity index (χ1v) is 8.31. The lowest BCUT2D eigenvalue weighted by Crippen LogP contribution is -2.12. The van der Waals surface area contributed by atoms with Gasteiger partial charge in [0.2, 0.25) is 0 Å². The topological polar surface area (TPSA) is 74.3 Å². The second-order valence-electron chi connectivity index (χ2n) is 4.79. The smallest absolute Gasteiger partial charge is 0.268 e. The van der Waals surface area contributed by atoms with Crippen LogP contribution in [0.3, 0.4) is 0 Å². The molecule has 22 heavy (non-hydrogen) atoms. The quantitative estimate of drug-likeness (QED) is 0.783. The molecule has 0 unspecified atom stereocenters. The molecule has 0 saturated heterocycles. The Morgan fingerprint density at radius 1 is 1.05 bits per heavy atom. The second-order valence-corrected chi connectivity index (χ2v) is 6.60. The van der Waals surface area contributed by atoms with E-state index in [9.17, 15) is 8.42 Å². The van der Waals surface area contributed by atoms with Crippen LogP contribution in [0.1, 0.15) is 0 Å². The molecule has 2 aromatic carbocycles. The van der Waals surface area contributed by atoms with E-state index in [4.69, 9.17) is 10.5 Å². The molecule has 0 aliphatic carbocycles. The highest BCUT2D eigenvalue weighted by Crippen LogP contribution is 2.25. The lowest BCUT2D eigenvalue weighted by atomic mass is 10.2. The number of aromatic nitrogens is 1. The van der Waals surface area contributed by atoms with E-state index in [1.54, 1.807) is 54.7 Å². The number of fused-ring (bicyclic) bond motifs is 1. The molecule has 0 amide bonds. The van der Waals surface area contributed by atoms with Crippen LogP contribution in [0.5, 0.6) is 5.75 Å². The first-order valence-electron chi connectivity index (χ1n) is 6.87. The number of ether oxygens (including phenoxy) is 1. The minimum absolute atomic E-state index is 0.251. The molecule has 0 saturated carbocycles. The maximum absolute atomic E-state index is 12.7. The van der Waals surface area contributed by atoms with Crippen molar-refractivity contribution in [3.63, 3.8) is 0 Å². The molecule has 0 radical (unpaired) electrons. The van der Waals surface area contributed by atoms with Gasteiger partial charge in [0.25, 0.3) is 10.0 Å². The Labute approximate surface area is 129 Å². The Balaban J connectivity index is 2.11. The van der Waals surface area contributed by atoms with Crippen LogP contribution in [0.2, 0.25) is 0 Å². The van der Waals surface area contributed by atoms with Crippen molar-refractivity contribution < 1.29 is 13.2 Å². The average molecular weight is 316 g/mol. The Morgan fingerprint density at radius 3 is 2.55 bits per heavy atom. The van der Waals surface area contributed by atoms with E-state index in [0.29, 0.717) is 24.4 Å². The summed E-state index contributed by atoms with van der Waals surface area (Å²) in [4.78, 5) is 0.251. The van der Waals surface area contributed by atoms with Crippen molar-refractivity contribution in [2.24, 2.45) is 5.73 Å². The SMILES string of the molecule is NCCOc1ccc2ccn(S(=O)(=O)c3ccccc3)c2c1. The molecule has 0 aliphatic rings. The van der Waals surface area contributed by atoms with Gasteiger partial charge in [-0.05, 0) is 30.3 Å². The number of hydrogen-bond acceptors (Lipinski definition) is 4. The lowest BCUT2D eigenvalue weighted by Gasteiger charge is -2.09. The van der Waals surface area contributed by atoms with Crippen LogP contribution in [-0.4, -0.2) is 25.5 Å². The number of benzene rings is 2. The molecule has 2 N–H and O–H groups in total. The molecular weight excluding hydrogens is 300 g/mol. The van der Waals surface area contributed by atoms with Crippen molar-refractivity contribution in [2.45, 2.75) is 4.90 Å². The molecule has 3 rings (SSSR count). The summed E-state index contributed by atoms with van der Waals surface area (Å²) < 4.78 is 32.2. The van der Waals surface area contributed by atoms with E-state index in [1.165, 1.54) is 3.97 Å². The van der Waals surface area contributed by atoms with E-state index in [-0.39, 0.29) is 4.90 Å². The summed E-state index contributed by atoms with van der Waals surface area (Å²) in [5.41, 5.74) is 6.00. The van der Waals surface area contributed by atoms with Gasteiger partial charge in [-0.15, -0.1) is 0 Å². The van der Waals surface area contributed by atoms with Gasteiger partial charge in [0.05, 0.1) is 10.4 Å². The zero-order valence-electron chi connectivity index (χ0n) is 11.8. The number of hydrogen-bond donors (Lipinski definition) is 1. The number of nitrogens with two attached hydrogens (primary N) is 1. The molecule has 1 heterocycles. The molecule has 0 bridgehead atoms. The van der Waals surface area contributed by atoms with Crippen molar-refractivity contribution in [1.29, 1.82) is 0 Å². The maximum Gasteiger partial charge on any atom is 0.268 e. The van der Waals surface area contributed by atoms with E-state index < -0.39 is 10.0 Å². The first kappa shape index (κ1) is 14.6. The van der Waals surface area contributed by atoms with E-state index >= 15 is 0 Å². The molecule has 5 nitrogen and oxygen atoms in total. The van der Waals surface area contributed by atoms with Crippen molar-refractivity contribution in [3.8, 4) is 5.75 Å². The number of rotatable bonds is 5. The molecule has 0 fully saturated rings. The fourth-order valence-corrected chi connectivity index (χ4v) is 3.63. The fourth-order valence-electron chi connectivity index (χ4n) is 2.27. The first-order chi connectivity index (χ1) is 10.6. The minimum Gasteiger partial charge on any atom is -0.492 e. The third-order valence-electron chi connectivity index (χ3n) is 3.32. The summed E-state index contributed by atoms with van der Waals surface area (Å²) in [6.45, 7) is 0.791. The maximum atomic E-state index is 12.7. The Kier molecular flexibility index (Phi) is 3.87. The van der Waals surface area contributed by atoms with Crippen molar-refractivity contribution in [1.82, 2.24) is 3.97 Å². The Hall–Kier alpha value is -2.31. The highest BCUT2D eigenvalue weighted by Gasteiger charge is 2.18. The standard InChI is InChI=1S/C16H16N2O3S/c17-9-11-21-14-7-6-13-8-10-18(16(13)12-14)22(19,20)15-4-2-1-3-5-15/h1-8,10,12H,9,11,17H2. The largest absolute Gasteiger partial charge is 0.492 e. The van der Waals surface area contributed by atoms with E-state index in [0.717, 1.165) is 5.39 Å². The Morgan fingerprint density at radius 2 is 1.82 bits per heavy atom. The van der Waals surface area contributed by atoms with Crippen LogP contribution >= 0.6 is 0 Å². The summed E-state index contributed by atoms with van der Waals surface area (Å²) in [5.74, 6) is 0.598. The van der Waals surface area contributed by atoms with Crippen LogP contribution in [-0.2, 0) is 10.0 Å². The van der Waals surface area contributed by atoms with Crippen LogP contribution in [0.4, 0.5) is 0 Å². The zero-order valence-corrected chi connectivity index (χ0v) is 12.7. The van der Waals surface area contributed by atoms with Gasteiger partial charge in [-0.1, -0.05) is 18.2 Å². The molecule has 0 spiro atoms. The Bertz CT molecular complexity index is 886. The molecule has 6 heteroatoms. The van der Waals surface area contributed by atoms with Crippen molar-refractivity contribution in [3.05, 3.63) is 60.8 Å². The molecule has 114 valence electrons. The lowest BCUT2D eigenvalue weighted by molar-refractivity contribution is 0.328. The molecule has 0 aliphatic heterocycles. The third kappa shape index (κ3) is 2.58. The predicted octanol–water partition coefficient (Wildman–Crippen LogP) is 2.22. The van der Waals surface area contributed by atoms with Crippen LogP contribution in [0.25, 0.3) is 10.9 Å². The average Bonchev–Trinajstić information content (AvgIpc) is 2.97. The van der Waals surface area contributed by atoms with Gasteiger partial charge in [0, 0.05) is 24.2 Å². The van der Waals surface area contributed by atoms with E-state index in [1.807, 2.05) is 6.07 Å². The summed E-state index contributed by atoms with van der Waals surface area (Å²) >= 11 is 0. The molecule has 0 atom stereocenters. The van der Waals surface area contributed by atoms with Gasteiger partial charge in [-0.2, -0.15) is 0 Å². The third-order valence-corrected chi connectivity index (χ3v) is 5.02. The fraction of sp³-hybridized carbons (Fsp3) is 0.125. The van der Waals surface area contributed by atoms with Gasteiger partial charge in [-0.3, -0.25) is 0 Å². The summed E-state index contributed by atoms with van der Waals surface area (Å²) in [7, 11) is -3.62. The van der Waals surface area contributed by atoms with Gasteiger partial charge < -0.3 is 10.5 Å². The highest BCUT2D eigenvalue weighted by atomic mass is 32.2. The summed E-state index contributed by atoms with van der Waals surface area (Å²) in [6.07, 6.45) is 1.56. The van der Waals surface area contributed by atoms with Gasteiger partial charge >= 0.3 is 0 Å². The normalized spacial score (nSPS) is 11.7. The van der Waals surface area contributed by atoms with E-state index in [2.05, 4.69) is 0 Å². The molecule has 1 aromatic heterocycles. The van der Waals surface area contributed by atoms with Gasteiger partial charge in [0.1, 0.15) is 12.4 Å². The molecular formula is C16H16N2O3S. The van der Waals surface area contributed by atoms with Crippen LogP contribution in [0.15, 0.2) is 65.7 Å². The van der Waals surface area contributed by atoms with Crippen molar-refractivity contribution >= 4 is 20.9 Å². The van der Waals surface area contributed by atoms with Crippen LogP contribution in [0, 0.1) is 0 Å². The van der Waals surface area contributed by atoms with Gasteiger partial charge in [0.15, 0.2) is 0 Å². The number of nitrogens with zero attached hydrogens (tertiary/aromatic N) is 1. The highest BCUT2D eigenvalue weighted by molar-refractivity contribution is 7.90. The predicted molar refractivity (Wildman–Crippen MR) is 85.5 cm³/mol. The van der Waals surface area contributed by atoms with Gasteiger partial charge in [-0.25, -0.2) is 12.4 Å². The van der Waals surface area contributed by atoms with Crippen LogP contribution < -0.4 is 10.5 Å². The molecule has 3 aromatic rings. The monoisotopic (exact) mass is 316 g/mol. The second kappa shape index (κ2) is 5.82.